The Morgan fingerprint density at radius 1 is 1.45 bits per heavy atom. The minimum atomic E-state index is -0.120. The van der Waals surface area contributed by atoms with Crippen LogP contribution in [0.1, 0.15) is 42.4 Å². The highest BCUT2D eigenvalue weighted by molar-refractivity contribution is 5.95. The standard InChI is InChI=1S/C17H17N3O2/c1-2-3-12-6-10-7-15(18-9-16(10)22-12)17(21)20-14-8-11-4-5-13(14)19-11/h6-7,9,11,13-14,19H,4-5,8H2,1H3,(H,20,21)/t11-,13+,14-/m1/s1. The lowest BCUT2D eigenvalue weighted by Crippen LogP contribution is -2.43. The van der Waals surface area contributed by atoms with E-state index in [1.165, 1.54) is 6.42 Å². The average Bonchev–Trinajstić information content (AvgIpc) is 3.20. The van der Waals surface area contributed by atoms with Crippen LogP contribution >= 0.6 is 0 Å². The third-order valence-electron chi connectivity index (χ3n) is 4.50. The zero-order valence-corrected chi connectivity index (χ0v) is 12.3. The third kappa shape index (κ3) is 2.26. The van der Waals surface area contributed by atoms with Crippen LogP contribution in [0.25, 0.3) is 11.0 Å². The first-order valence-corrected chi connectivity index (χ1v) is 7.62. The van der Waals surface area contributed by atoms with Crippen molar-refractivity contribution in [3.05, 3.63) is 29.8 Å². The molecule has 3 atom stereocenters. The van der Waals surface area contributed by atoms with E-state index >= 15 is 0 Å². The Balaban J connectivity index is 1.54. The van der Waals surface area contributed by atoms with Crippen molar-refractivity contribution in [2.45, 2.75) is 44.3 Å². The quantitative estimate of drug-likeness (QED) is 0.829. The Labute approximate surface area is 128 Å². The molecule has 112 valence electrons. The molecule has 4 rings (SSSR count). The van der Waals surface area contributed by atoms with Crippen LogP contribution in [-0.4, -0.2) is 29.0 Å². The average molecular weight is 295 g/mol. The number of pyridine rings is 1. The van der Waals surface area contributed by atoms with Gasteiger partial charge in [-0.05, 0) is 38.2 Å². The lowest BCUT2D eigenvalue weighted by molar-refractivity contribution is 0.0926. The van der Waals surface area contributed by atoms with Crippen LogP contribution in [0.5, 0.6) is 0 Å². The Hall–Kier alpha value is -2.32. The second-order valence-corrected chi connectivity index (χ2v) is 5.96. The molecule has 0 aliphatic carbocycles. The van der Waals surface area contributed by atoms with Gasteiger partial charge in [-0.3, -0.25) is 4.79 Å². The van der Waals surface area contributed by atoms with Crippen LogP contribution < -0.4 is 10.6 Å². The van der Waals surface area contributed by atoms with Gasteiger partial charge in [0, 0.05) is 29.6 Å². The maximum atomic E-state index is 12.4. The molecule has 2 N–H and O–H groups in total. The number of hydrogen-bond donors (Lipinski definition) is 2. The summed E-state index contributed by atoms with van der Waals surface area (Å²) in [6.45, 7) is 1.76. The van der Waals surface area contributed by atoms with E-state index in [1.54, 1.807) is 19.2 Å². The zero-order valence-electron chi connectivity index (χ0n) is 12.3. The number of furan rings is 1. The molecule has 1 amide bonds. The first-order chi connectivity index (χ1) is 10.7. The maximum Gasteiger partial charge on any atom is 0.270 e. The number of amides is 1. The molecule has 0 radical (unpaired) electrons. The van der Waals surface area contributed by atoms with E-state index in [1.807, 2.05) is 6.07 Å². The van der Waals surface area contributed by atoms with Gasteiger partial charge in [0.15, 0.2) is 11.3 Å². The summed E-state index contributed by atoms with van der Waals surface area (Å²) >= 11 is 0. The topological polar surface area (TPSA) is 67.2 Å². The molecule has 2 saturated heterocycles. The number of hydrogen-bond acceptors (Lipinski definition) is 4. The molecule has 2 aliphatic heterocycles. The van der Waals surface area contributed by atoms with Crippen molar-refractivity contribution in [3.8, 4) is 11.8 Å². The predicted molar refractivity (Wildman–Crippen MR) is 82.4 cm³/mol. The van der Waals surface area contributed by atoms with Crippen LogP contribution in [0.4, 0.5) is 0 Å². The SMILES string of the molecule is CC#Cc1cc2cc(C(=O)N[C@@H]3C[C@H]4CC[C@@H]3N4)ncc2o1. The van der Waals surface area contributed by atoms with Gasteiger partial charge < -0.3 is 15.1 Å². The molecule has 2 aliphatic rings. The van der Waals surface area contributed by atoms with Crippen LogP contribution in [0, 0.1) is 11.8 Å². The van der Waals surface area contributed by atoms with Crippen LogP contribution in [0.2, 0.25) is 0 Å². The van der Waals surface area contributed by atoms with Gasteiger partial charge in [0.1, 0.15) is 5.69 Å². The lowest BCUT2D eigenvalue weighted by atomic mass is 9.95. The summed E-state index contributed by atoms with van der Waals surface area (Å²) in [6.07, 6.45) is 4.96. The summed E-state index contributed by atoms with van der Waals surface area (Å²) in [5, 5.41) is 7.47. The second-order valence-electron chi connectivity index (χ2n) is 5.96. The van der Waals surface area contributed by atoms with Crippen LogP contribution in [0.3, 0.4) is 0 Å². The van der Waals surface area contributed by atoms with Gasteiger partial charge in [-0.2, -0.15) is 0 Å². The van der Waals surface area contributed by atoms with Gasteiger partial charge in [-0.25, -0.2) is 4.98 Å². The minimum Gasteiger partial charge on any atom is -0.446 e. The van der Waals surface area contributed by atoms with E-state index in [0.29, 0.717) is 29.1 Å². The van der Waals surface area contributed by atoms with Crippen LogP contribution in [-0.2, 0) is 0 Å². The highest BCUT2D eigenvalue weighted by atomic mass is 16.3. The van der Waals surface area contributed by atoms with E-state index in [-0.39, 0.29) is 11.9 Å². The summed E-state index contributed by atoms with van der Waals surface area (Å²) in [5.41, 5.74) is 1.07. The van der Waals surface area contributed by atoms with Crippen molar-refractivity contribution in [1.29, 1.82) is 0 Å². The van der Waals surface area contributed by atoms with E-state index in [4.69, 9.17) is 4.42 Å². The highest BCUT2D eigenvalue weighted by Gasteiger charge is 2.39. The molecule has 2 aromatic rings. The van der Waals surface area contributed by atoms with Crippen molar-refractivity contribution < 1.29 is 9.21 Å². The fourth-order valence-corrected chi connectivity index (χ4v) is 3.48. The number of carbonyl (C=O) groups excluding carboxylic acids is 1. The number of nitrogens with one attached hydrogen (secondary N) is 2. The van der Waals surface area contributed by atoms with Crippen molar-refractivity contribution in [3.63, 3.8) is 0 Å². The molecule has 4 heterocycles. The van der Waals surface area contributed by atoms with Gasteiger partial charge in [0.25, 0.3) is 5.91 Å². The Bertz CT molecular complexity index is 799. The molecular weight excluding hydrogens is 278 g/mol. The molecule has 2 bridgehead atoms. The molecule has 5 nitrogen and oxygen atoms in total. The number of rotatable bonds is 2. The Kier molecular flexibility index (Phi) is 3.12. The lowest BCUT2D eigenvalue weighted by Gasteiger charge is -2.21. The largest absolute Gasteiger partial charge is 0.446 e. The van der Waals surface area contributed by atoms with Gasteiger partial charge >= 0.3 is 0 Å². The molecule has 0 spiro atoms. The van der Waals surface area contributed by atoms with Gasteiger partial charge in [0.2, 0.25) is 0 Å². The molecular formula is C17H17N3O2. The van der Waals surface area contributed by atoms with E-state index in [0.717, 1.165) is 18.2 Å². The Morgan fingerprint density at radius 3 is 3.09 bits per heavy atom. The second kappa shape index (κ2) is 5.15. The fraction of sp³-hybridized carbons (Fsp3) is 0.412. The third-order valence-corrected chi connectivity index (χ3v) is 4.50. The maximum absolute atomic E-state index is 12.4. The first kappa shape index (κ1) is 13.4. The van der Waals surface area contributed by atoms with Crippen molar-refractivity contribution in [1.82, 2.24) is 15.6 Å². The zero-order chi connectivity index (χ0) is 15.1. The Morgan fingerprint density at radius 2 is 2.36 bits per heavy atom. The monoisotopic (exact) mass is 295 g/mol. The number of fused-ring (bicyclic) bond motifs is 3. The first-order valence-electron chi connectivity index (χ1n) is 7.62. The predicted octanol–water partition coefficient (Wildman–Crippen LogP) is 1.82. The highest BCUT2D eigenvalue weighted by Crippen LogP contribution is 2.28. The van der Waals surface area contributed by atoms with Gasteiger partial charge in [0.05, 0.1) is 6.20 Å². The summed E-state index contributed by atoms with van der Waals surface area (Å²) < 4.78 is 5.54. The van der Waals surface area contributed by atoms with Gasteiger partial charge in [-0.1, -0.05) is 5.92 Å². The van der Waals surface area contributed by atoms with Crippen LogP contribution in [0.15, 0.2) is 22.7 Å². The summed E-state index contributed by atoms with van der Waals surface area (Å²) in [6, 6.07) is 4.79. The van der Waals surface area contributed by atoms with E-state index in [2.05, 4.69) is 27.5 Å². The smallest absolute Gasteiger partial charge is 0.270 e. The fourth-order valence-electron chi connectivity index (χ4n) is 3.48. The summed E-state index contributed by atoms with van der Waals surface area (Å²) in [5.74, 6) is 6.14. The normalized spacial score (nSPS) is 26.0. The molecule has 0 aromatic carbocycles. The minimum absolute atomic E-state index is 0.120. The molecule has 22 heavy (non-hydrogen) atoms. The van der Waals surface area contributed by atoms with Crippen molar-refractivity contribution >= 4 is 16.9 Å². The molecule has 0 saturated carbocycles. The van der Waals surface area contributed by atoms with Crippen molar-refractivity contribution in [2.24, 2.45) is 0 Å². The molecule has 2 aromatic heterocycles. The molecule has 2 fully saturated rings. The summed E-state index contributed by atoms with van der Waals surface area (Å²) in [7, 11) is 0. The van der Waals surface area contributed by atoms with E-state index < -0.39 is 0 Å². The molecule has 5 heteroatoms. The number of carbonyl (C=O) groups is 1. The molecule has 0 unspecified atom stereocenters. The van der Waals surface area contributed by atoms with E-state index in [9.17, 15) is 4.79 Å². The summed E-state index contributed by atoms with van der Waals surface area (Å²) in [4.78, 5) is 16.6. The number of aromatic nitrogens is 1. The number of nitrogens with zero attached hydrogens (tertiary/aromatic N) is 1. The van der Waals surface area contributed by atoms with Gasteiger partial charge in [-0.15, -0.1) is 0 Å². The van der Waals surface area contributed by atoms with Crippen molar-refractivity contribution in [2.75, 3.05) is 0 Å².